The molecule has 1 heterocycles. The van der Waals surface area contributed by atoms with Crippen molar-refractivity contribution < 1.29 is 9.59 Å². The minimum Gasteiger partial charge on any atom is -0.352 e. The minimum atomic E-state index is -0.472. The van der Waals surface area contributed by atoms with Gasteiger partial charge in [0.15, 0.2) is 5.13 Å². The van der Waals surface area contributed by atoms with E-state index in [1.54, 1.807) is 5.38 Å². The summed E-state index contributed by atoms with van der Waals surface area (Å²) in [6.07, 6.45) is 0.187. The van der Waals surface area contributed by atoms with Crippen LogP contribution in [0.3, 0.4) is 0 Å². The van der Waals surface area contributed by atoms with Crippen molar-refractivity contribution in [3.63, 3.8) is 0 Å². The molecule has 0 aliphatic carbocycles. The van der Waals surface area contributed by atoms with Crippen LogP contribution in [-0.4, -0.2) is 29.4 Å². The van der Waals surface area contributed by atoms with E-state index in [0.29, 0.717) is 17.4 Å². The monoisotopic (exact) mass is 298 g/mol. The number of thiazole rings is 1. The zero-order valence-corrected chi connectivity index (χ0v) is 13.1. The SMILES string of the molecule is C[C@@H](CN)NC(=O)Cc1csc(NC(=O)C(C)(C)C)n1. The lowest BCUT2D eigenvalue weighted by molar-refractivity contribution is -0.123. The fraction of sp³-hybridized carbons (Fsp3) is 0.615. The van der Waals surface area contributed by atoms with Gasteiger partial charge in [-0.2, -0.15) is 0 Å². The smallest absolute Gasteiger partial charge is 0.231 e. The van der Waals surface area contributed by atoms with E-state index in [0.717, 1.165) is 0 Å². The van der Waals surface area contributed by atoms with Crippen molar-refractivity contribution in [1.82, 2.24) is 10.3 Å². The van der Waals surface area contributed by atoms with Crippen LogP contribution in [0.15, 0.2) is 5.38 Å². The second-order valence-electron chi connectivity index (χ2n) is 5.73. The van der Waals surface area contributed by atoms with Crippen molar-refractivity contribution in [1.29, 1.82) is 0 Å². The van der Waals surface area contributed by atoms with Crippen molar-refractivity contribution in [2.75, 3.05) is 11.9 Å². The molecule has 2 amide bonds. The summed E-state index contributed by atoms with van der Waals surface area (Å²) in [5.41, 5.74) is 5.60. The predicted octanol–water partition coefficient (Wildman–Crippen LogP) is 1.13. The molecular weight excluding hydrogens is 276 g/mol. The van der Waals surface area contributed by atoms with Crippen LogP contribution in [0.4, 0.5) is 5.13 Å². The first-order valence-corrected chi connectivity index (χ1v) is 7.35. The third-order valence-electron chi connectivity index (χ3n) is 2.56. The molecule has 0 aliphatic heterocycles. The zero-order chi connectivity index (χ0) is 15.3. The van der Waals surface area contributed by atoms with Gasteiger partial charge >= 0.3 is 0 Å². The van der Waals surface area contributed by atoms with Crippen molar-refractivity contribution in [3.05, 3.63) is 11.1 Å². The van der Waals surface area contributed by atoms with Crippen molar-refractivity contribution in [2.24, 2.45) is 11.1 Å². The van der Waals surface area contributed by atoms with Crippen LogP contribution in [0.5, 0.6) is 0 Å². The first-order valence-electron chi connectivity index (χ1n) is 6.47. The molecule has 6 nitrogen and oxygen atoms in total. The van der Waals surface area contributed by atoms with E-state index in [9.17, 15) is 9.59 Å². The standard InChI is InChI=1S/C13H22N4O2S/c1-8(6-14)15-10(18)5-9-7-20-12(16-9)17-11(19)13(2,3)4/h7-8H,5-6,14H2,1-4H3,(H,15,18)(H,16,17,19)/t8-/m0/s1. The maximum Gasteiger partial charge on any atom is 0.231 e. The molecule has 0 saturated carbocycles. The lowest BCUT2D eigenvalue weighted by atomic mass is 9.96. The van der Waals surface area contributed by atoms with Gasteiger partial charge in [0.1, 0.15) is 0 Å². The van der Waals surface area contributed by atoms with Crippen LogP contribution >= 0.6 is 11.3 Å². The molecule has 1 aromatic heterocycles. The van der Waals surface area contributed by atoms with Gasteiger partial charge in [0, 0.05) is 23.4 Å². The molecule has 0 bridgehead atoms. The number of nitrogens with two attached hydrogens (primary N) is 1. The highest BCUT2D eigenvalue weighted by Crippen LogP contribution is 2.20. The van der Waals surface area contributed by atoms with Crippen molar-refractivity contribution in [3.8, 4) is 0 Å². The average molecular weight is 298 g/mol. The Morgan fingerprint density at radius 2 is 2.10 bits per heavy atom. The molecule has 4 N–H and O–H groups in total. The van der Waals surface area contributed by atoms with E-state index in [2.05, 4.69) is 15.6 Å². The van der Waals surface area contributed by atoms with Gasteiger partial charge in [0.05, 0.1) is 12.1 Å². The first-order chi connectivity index (χ1) is 9.22. The van der Waals surface area contributed by atoms with Gasteiger partial charge in [-0.15, -0.1) is 11.3 Å². The molecule has 1 aromatic rings. The number of aromatic nitrogens is 1. The van der Waals surface area contributed by atoms with Gasteiger partial charge in [-0.3, -0.25) is 9.59 Å². The van der Waals surface area contributed by atoms with Crippen LogP contribution < -0.4 is 16.4 Å². The summed E-state index contributed by atoms with van der Waals surface area (Å²) in [7, 11) is 0. The Labute approximate surface area is 123 Å². The number of anilines is 1. The van der Waals surface area contributed by atoms with E-state index in [1.807, 2.05) is 27.7 Å². The van der Waals surface area contributed by atoms with Crippen molar-refractivity contribution >= 4 is 28.3 Å². The Bertz CT molecular complexity index is 479. The molecule has 0 fully saturated rings. The first kappa shape index (κ1) is 16.6. The second-order valence-corrected chi connectivity index (χ2v) is 6.59. The molecule has 1 atom stereocenters. The van der Waals surface area contributed by atoms with Gasteiger partial charge < -0.3 is 16.4 Å². The molecule has 0 aromatic carbocycles. The third kappa shape index (κ3) is 5.26. The van der Waals surface area contributed by atoms with Crippen LogP contribution in [0.2, 0.25) is 0 Å². The number of carbonyl (C=O) groups excluding carboxylic acids is 2. The summed E-state index contributed by atoms with van der Waals surface area (Å²) < 4.78 is 0. The van der Waals surface area contributed by atoms with E-state index in [4.69, 9.17) is 5.73 Å². The van der Waals surface area contributed by atoms with Crippen LogP contribution in [0.1, 0.15) is 33.4 Å². The average Bonchev–Trinajstić information content (AvgIpc) is 2.74. The van der Waals surface area contributed by atoms with Crippen LogP contribution in [0, 0.1) is 5.41 Å². The van der Waals surface area contributed by atoms with Gasteiger partial charge in [-0.25, -0.2) is 4.98 Å². The molecule has 0 unspecified atom stereocenters. The minimum absolute atomic E-state index is 0.0544. The van der Waals surface area contributed by atoms with Crippen molar-refractivity contribution in [2.45, 2.75) is 40.2 Å². The molecule has 7 heteroatoms. The summed E-state index contributed by atoms with van der Waals surface area (Å²) in [5, 5.41) is 7.79. The highest BCUT2D eigenvalue weighted by Gasteiger charge is 2.22. The quantitative estimate of drug-likeness (QED) is 0.759. The van der Waals surface area contributed by atoms with E-state index >= 15 is 0 Å². The molecule has 20 heavy (non-hydrogen) atoms. The van der Waals surface area contributed by atoms with E-state index in [-0.39, 0.29) is 24.3 Å². The highest BCUT2D eigenvalue weighted by atomic mass is 32.1. The zero-order valence-electron chi connectivity index (χ0n) is 12.3. The fourth-order valence-corrected chi connectivity index (χ4v) is 1.98. The molecule has 0 radical (unpaired) electrons. The van der Waals surface area contributed by atoms with Gasteiger partial charge in [-0.1, -0.05) is 20.8 Å². The van der Waals surface area contributed by atoms with E-state index in [1.165, 1.54) is 11.3 Å². The van der Waals surface area contributed by atoms with E-state index < -0.39 is 5.41 Å². The van der Waals surface area contributed by atoms with Crippen LogP contribution in [0.25, 0.3) is 0 Å². The summed E-state index contributed by atoms with van der Waals surface area (Å²) in [6.45, 7) is 7.74. The Morgan fingerprint density at radius 3 is 2.65 bits per heavy atom. The number of amides is 2. The Hall–Kier alpha value is -1.47. The summed E-state index contributed by atoms with van der Waals surface area (Å²) in [6, 6.07) is -0.0544. The molecular formula is C13H22N4O2S. The Morgan fingerprint density at radius 1 is 1.45 bits per heavy atom. The van der Waals surface area contributed by atoms with Gasteiger partial charge in [0.2, 0.25) is 11.8 Å². The van der Waals surface area contributed by atoms with Gasteiger partial charge in [-0.05, 0) is 6.92 Å². The van der Waals surface area contributed by atoms with Crippen LogP contribution in [-0.2, 0) is 16.0 Å². The number of nitrogens with one attached hydrogen (secondary N) is 2. The topological polar surface area (TPSA) is 97.1 Å². The van der Waals surface area contributed by atoms with Gasteiger partial charge in [0.25, 0.3) is 0 Å². The summed E-state index contributed by atoms with van der Waals surface area (Å²) in [5.74, 6) is -0.221. The normalized spacial score (nSPS) is 12.8. The maximum atomic E-state index is 11.8. The summed E-state index contributed by atoms with van der Waals surface area (Å²) in [4.78, 5) is 27.7. The number of hydrogen-bond donors (Lipinski definition) is 3. The Balaban J connectivity index is 2.56. The Kier molecular flexibility index (Phi) is 5.64. The number of hydrogen-bond acceptors (Lipinski definition) is 5. The largest absolute Gasteiger partial charge is 0.352 e. The molecule has 0 saturated heterocycles. The second kappa shape index (κ2) is 6.81. The number of nitrogens with zero attached hydrogens (tertiary/aromatic N) is 1. The number of rotatable bonds is 5. The molecule has 0 spiro atoms. The highest BCUT2D eigenvalue weighted by molar-refractivity contribution is 7.13. The summed E-state index contributed by atoms with van der Waals surface area (Å²) >= 11 is 1.31. The lowest BCUT2D eigenvalue weighted by Gasteiger charge is -2.15. The predicted molar refractivity (Wildman–Crippen MR) is 80.6 cm³/mol. The molecule has 112 valence electrons. The third-order valence-corrected chi connectivity index (χ3v) is 3.36. The lowest BCUT2D eigenvalue weighted by Crippen LogP contribution is -2.38. The molecule has 1 rings (SSSR count). The molecule has 0 aliphatic rings. The fourth-order valence-electron chi connectivity index (χ4n) is 1.28. The maximum absolute atomic E-state index is 11.8. The number of carbonyl (C=O) groups is 2.